The number of carbonyl (C=O) groups is 1. The Morgan fingerprint density at radius 3 is 2.91 bits per heavy atom. The number of rotatable bonds is 2. The molecule has 1 aliphatic rings. The van der Waals surface area contributed by atoms with Gasteiger partial charge < -0.3 is 4.90 Å². The third-order valence-corrected chi connectivity index (χ3v) is 5.70. The molecule has 0 N–H and O–H groups in total. The van der Waals surface area contributed by atoms with Gasteiger partial charge in [0.25, 0.3) is 0 Å². The van der Waals surface area contributed by atoms with Gasteiger partial charge >= 0.3 is 0 Å². The Morgan fingerprint density at radius 2 is 2.18 bits per heavy atom. The van der Waals surface area contributed by atoms with Gasteiger partial charge in [0.15, 0.2) is 0 Å². The summed E-state index contributed by atoms with van der Waals surface area (Å²) >= 11 is 7.80. The Bertz CT molecular complexity index is 750. The van der Waals surface area contributed by atoms with Crippen LogP contribution in [-0.4, -0.2) is 17.4 Å². The van der Waals surface area contributed by atoms with Crippen LogP contribution in [0.3, 0.4) is 0 Å². The molecule has 0 saturated heterocycles. The van der Waals surface area contributed by atoms with Crippen LogP contribution in [0.15, 0.2) is 36.9 Å². The molecule has 114 valence electrons. The molecule has 0 saturated carbocycles. The smallest absolute Gasteiger partial charge is 0.246 e. The molecular formula is C18H18ClNOS. The van der Waals surface area contributed by atoms with Crippen LogP contribution in [0.1, 0.15) is 33.0 Å². The molecule has 4 heteroatoms. The van der Waals surface area contributed by atoms with Gasteiger partial charge in [-0.3, -0.25) is 4.79 Å². The average Bonchev–Trinajstić information content (AvgIpc) is 2.88. The van der Waals surface area contributed by atoms with E-state index in [2.05, 4.69) is 44.7 Å². The Hall–Kier alpha value is -1.58. The number of halogens is 1. The van der Waals surface area contributed by atoms with Crippen molar-refractivity contribution in [1.29, 1.82) is 0 Å². The van der Waals surface area contributed by atoms with Crippen molar-refractivity contribution in [3.8, 4) is 0 Å². The first-order chi connectivity index (χ1) is 10.5. The maximum atomic E-state index is 12.1. The van der Waals surface area contributed by atoms with Crippen LogP contribution >= 0.6 is 22.9 Å². The fraction of sp³-hybridized carbons (Fsp3) is 0.278. The zero-order valence-electron chi connectivity index (χ0n) is 12.7. The predicted octanol–water partition coefficient (Wildman–Crippen LogP) is 4.68. The molecule has 0 radical (unpaired) electrons. The molecule has 0 fully saturated rings. The van der Waals surface area contributed by atoms with Crippen LogP contribution in [0, 0.1) is 13.8 Å². The number of aryl methyl sites for hydroxylation is 1. The summed E-state index contributed by atoms with van der Waals surface area (Å²) < 4.78 is 0.785. The number of nitrogens with zero attached hydrogens (tertiary/aromatic N) is 1. The van der Waals surface area contributed by atoms with Crippen LogP contribution in [0.4, 0.5) is 0 Å². The van der Waals surface area contributed by atoms with Crippen LogP contribution in [0.2, 0.25) is 4.34 Å². The Morgan fingerprint density at radius 1 is 1.41 bits per heavy atom. The van der Waals surface area contributed by atoms with E-state index in [4.69, 9.17) is 11.6 Å². The van der Waals surface area contributed by atoms with Crippen molar-refractivity contribution in [1.82, 2.24) is 4.90 Å². The van der Waals surface area contributed by atoms with E-state index in [9.17, 15) is 4.79 Å². The summed E-state index contributed by atoms with van der Waals surface area (Å²) in [5.74, 6) is 0.154. The summed E-state index contributed by atoms with van der Waals surface area (Å²) in [6.45, 7) is 9.18. The van der Waals surface area contributed by atoms with Gasteiger partial charge in [0, 0.05) is 17.3 Å². The maximum Gasteiger partial charge on any atom is 0.246 e. The SMILES string of the molecule is C=CC(=O)N1Cc2sc(Cl)cc2[C@H](c2cccc(C)c2C)C1. The molecule has 0 spiro atoms. The van der Waals surface area contributed by atoms with E-state index in [1.54, 1.807) is 11.3 Å². The topological polar surface area (TPSA) is 20.3 Å². The van der Waals surface area contributed by atoms with Gasteiger partial charge in [-0.2, -0.15) is 0 Å². The molecule has 2 nitrogen and oxygen atoms in total. The van der Waals surface area contributed by atoms with Gasteiger partial charge in [-0.1, -0.05) is 36.4 Å². The molecule has 1 aromatic carbocycles. The fourth-order valence-electron chi connectivity index (χ4n) is 3.10. The number of benzene rings is 1. The van der Waals surface area contributed by atoms with Gasteiger partial charge in [-0.15, -0.1) is 11.3 Å². The lowest BCUT2D eigenvalue weighted by Crippen LogP contribution is -2.37. The average molecular weight is 332 g/mol. The molecule has 1 aliphatic heterocycles. The maximum absolute atomic E-state index is 12.1. The molecule has 0 bridgehead atoms. The minimum Gasteiger partial charge on any atom is -0.333 e. The van der Waals surface area contributed by atoms with Crippen LogP contribution < -0.4 is 0 Å². The standard InChI is InChI=1S/C18H18ClNOS/c1-4-18(21)20-9-15(13-7-5-6-11(2)12(13)3)14-8-17(19)22-16(14)10-20/h4-8,15H,1,9-10H2,2-3H3/t15-/m0/s1. The summed E-state index contributed by atoms with van der Waals surface area (Å²) in [7, 11) is 0. The largest absolute Gasteiger partial charge is 0.333 e. The number of hydrogen-bond donors (Lipinski definition) is 0. The van der Waals surface area contributed by atoms with Crippen molar-refractivity contribution < 1.29 is 4.79 Å². The molecule has 1 atom stereocenters. The van der Waals surface area contributed by atoms with Gasteiger partial charge in [0.1, 0.15) is 0 Å². The summed E-state index contributed by atoms with van der Waals surface area (Å²) in [5.41, 5.74) is 5.09. The minimum atomic E-state index is -0.0227. The third-order valence-electron chi connectivity index (χ3n) is 4.43. The van der Waals surface area contributed by atoms with Crippen molar-refractivity contribution >= 4 is 28.8 Å². The summed E-state index contributed by atoms with van der Waals surface area (Å²) in [4.78, 5) is 15.1. The summed E-state index contributed by atoms with van der Waals surface area (Å²) in [6.07, 6.45) is 1.39. The van der Waals surface area contributed by atoms with Crippen molar-refractivity contribution in [2.24, 2.45) is 0 Å². The highest BCUT2D eigenvalue weighted by atomic mass is 35.5. The molecule has 3 rings (SSSR count). The van der Waals surface area contributed by atoms with E-state index < -0.39 is 0 Å². The highest BCUT2D eigenvalue weighted by Gasteiger charge is 2.31. The fourth-order valence-corrected chi connectivity index (χ4v) is 4.46. The van der Waals surface area contributed by atoms with Gasteiger partial charge in [0.05, 0.1) is 10.9 Å². The number of fused-ring (bicyclic) bond motifs is 1. The van der Waals surface area contributed by atoms with Crippen molar-refractivity contribution in [2.45, 2.75) is 26.3 Å². The lowest BCUT2D eigenvalue weighted by molar-refractivity contribution is -0.127. The molecular weight excluding hydrogens is 314 g/mol. The van der Waals surface area contributed by atoms with Crippen LogP contribution in [-0.2, 0) is 11.3 Å². The van der Waals surface area contributed by atoms with Crippen molar-refractivity contribution in [2.75, 3.05) is 6.54 Å². The Labute approximate surface area is 140 Å². The lowest BCUT2D eigenvalue weighted by atomic mass is 9.85. The van der Waals surface area contributed by atoms with E-state index >= 15 is 0 Å². The van der Waals surface area contributed by atoms with E-state index in [-0.39, 0.29) is 11.8 Å². The highest BCUT2D eigenvalue weighted by molar-refractivity contribution is 7.16. The second-order valence-electron chi connectivity index (χ2n) is 5.69. The normalized spacial score (nSPS) is 17.2. The predicted molar refractivity (Wildman–Crippen MR) is 92.7 cm³/mol. The second-order valence-corrected chi connectivity index (χ2v) is 7.46. The van der Waals surface area contributed by atoms with Crippen LogP contribution in [0.5, 0.6) is 0 Å². The molecule has 0 unspecified atom stereocenters. The zero-order chi connectivity index (χ0) is 15.9. The van der Waals surface area contributed by atoms with Gasteiger partial charge in [0.2, 0.25) is 5.91 Å². The Kier molecular flexibility index (Phi) is 4.11. The first kappa shape index (κ1) is 15.3. The zero-order valence-corrected chi connectivity index (χ0v) is 14.3. The number of amides is 1. The van der Waals surface area contributed by atoms with E-state index in [0.29, 0.717) is 13.1 Å². The third kappa shape index (κ3) is 2.59. The summed E-state index contributed by atoms with van der Waals surface area (Å²) in [5, 5.41) is 0. The van der Waals surface area contributed by atoms with E-state index in [1.807, 2.05) is 4.90 Å². The molecule has 2 heterocycles. The molecule has 1 amide bonds. The molecule has 1 aromatic heterocycles. The van der Waals surface area contributed by atoms with Crippen molar-refractivity contribution in [3.05, 3.63) is 68.4 Å². The van der Waals surface area contributed by atoms with Gasteiger partial charge in [-0.25, -0.2) is 0 Å². The lowest BCUT2D eigenvalue weighted by Gasteiger charge is -2.33. The minimum absolute atomic E-state index is 0.0227. The molecule has 2 aromatic rings. The molecule has 22 heavy (non-hydrogen) atoms. The number of thiophene rings is 1. The van der Waals surface area contributed by atoms with Gasteiger partial charge in [-0.05, 0) is 48.2 Å². The first-order valence-electron chi connectivity index (χ1n) is 7.26. The van der Waals surface area contributed by atoms with E-state index in [1.165, 1.54) is 33.2 Å². The monoisotopic (exact) mass is 331 g/mol. The Balaban J connectivity index is 2.10. The van der Waals surface area contributed by atoms with Crippen molar-refractivity contribution in [3.63, 3.8) is 0 Å². The summed E-state index contributed by atoms with van der Waals surface area (Å²) in [6, 6.07) is 8.42. The number of carbonyl (C=O) groups excluding carboxylic acids is 1. The quantitative estimate of drug-likeness (QED) is 0.732. The number of hydrogen-bond acceptors (Lipinski definition) is 2. The molecule has 0 aliphatic carbocycles. The highest BCUT2D eigenvalue weighted by Crippen LogP contribution is 2.41. The van der Waals surface area contributed by atoms with Crippen LogP contribution in [0.25, 0.3) is 0 Å². The first-order valence-corrected chi connectivity index (χ1v) is 8.46. The second kappa shape index (κ2) is 5.90. The van der Waals surface area contributed by atoms with E-state index in [0.717, 1.165) is 4.34 Å².